The quantitative estimate of drug-likeness (QED) is 0.661. The van der Waals surface area contributed by atoms with E-state index in [-0.39, 0.29) is 17.7 Å². The number of aromatic nitrogens is 3. The SMILES string of the molecule is CCn1ncc2c(C(=O)N3CCN(C(=O)C(C)C)CC3)cc(-c3cccs3)nc21. The lowest BCUT2D eigenvalue weighted by molar-refractivity contribution is -0.135. The van der Waals surface area contributed by atoms with Crippen LogP contribution in [0, 0.1) is 5.92 Å². The maximum Gasteiger partial charge on any atom is 0.254 e. The molecule has 7 nitrogen and oxygen atoms in total. The van der Waals surface area contributed by atoms with E-state index < -0.39 is 0 Å². The van der Waals surface area contributed by atoms with E-state index in [0.717, 1.165) is 21.6 Å². The highest BCUT2D eigenvalue weighted by atomic mass is 32.1. The van der Waals surface area contributed by atoms with Gasteiger partial charge in [0.05, 0.1) is 27.7 Å². The molecule has 2 amide bonds. The Morgan fingerprint density at radius 1 is 1.17 bits per heavy atom. The molecule has 0 radical (unpaired) electrons. The maximum absolute atomic E-state index is 13.4. The second kappa shape index (κ2) is 7.94. The van der Waals surface area contributed by atoms with Crippen molar-refractivity contribution in [3.05, 3.63) is 35.3 Å². The number of nitrogens with zero attached hydrogens (tertiary/aromatic N) is 5. The summed E-state index contributed by atoms with van der Waals surface area (Å²) in [6.45, 7) is 8.74. The molecular formula is C21H25N5O2S. The van der Waals surface area contributed by atoms with Crippen LogP contribution in [0.5, 0.6) is 0 Å². The first kappa shape index (κ1) is 19.6. The van der Waals surface area contributed by atoms with E-state index in [0.29, 0.717) is 38.3 Å². The van der Waals surface area contributed by atoms with Crippen LogP contribution in [0.15, 0.2) is 29.8 Å². The van der Waals surface area contributed by atoms with Gasteiger partial charge >= 0.3 is 0 Å². The van der Waals surface area contributed by atoms with Gasteiger partial charge in [0.25, 0.3) is 5.91 Å². The van der Waals surface area contributed by atoms with Crippen LogP contribution in [-0.4, -0.2) is 62.6 Å². The molecule has 1 aliphatic rings. The van der Waals surface area contributed by atoms with E-state index >= 15 is 0 Å². The van der Waals surface area contributed by atoms with Crippen molar-refractivity contribution in [1.29, 1.82) is 0 Å². The van der Waals surface area contributed by atoms with E-state index in [1.807, 2.05) is 58.8 Å². The molecule has 0 aromatic carbocycles. The number of aryl methyl sites for hydroxylation is 1. The van der Waals surface area contributed by atoms with Crippen molar-refractivity contribution in [2.75, 3.05) is 26.2 Å². The fourth-order valence-electron chi connectivity index (χ4n) is 3.67. The molecule has 1 saturated heterocycles. The second-order valence-corrected chi connectivity index (χ2v) is 8.45. The molecule has 8 heteroatoms. The van der Waals surface area contributed by atoms with Gasteiger partial charge in [0.15, 0.2) is 5.65 Å². The Kier molecular flexibility index (Phi) is 5.36. The summed E-state index contributed by atoms with van der Waals surface area (Å²) in [5.41, 5.74) is 2.15. The molecule has 4 heterocycles. The third-order valence-electron chi connectivity index (χ3n) is 5.29. The van der Waals surface area contributed by atoms with Crippen LogP contribution >= 0.6 is 11.3 Å². The number of hydrogen-bond acceptors (Lipinski definition) is 5. The highest BCUT2D eigenvalue weighted by Crippen LogP contribution is 2.29. The second-order valence-electron chi connectivity index (χ2n) is 7.50. The van der Waals surface area contributed by atoms with Gasteiger partial charge in [-0.2, -0.15) is 5.10 Å². The number of pyridine rings is 1. The monoisotopic (exact) mass is 411 g/mol. The summed E-state index contributed by atoms with van der Waals surface area (Å²) in [4.78, 5) is 35.1. The number of fused-ring (bicyclic) bond motifs is 1. The van der Waals surface area contributed by atoms with Crippen molar-refractivity contribution in [1.82, 2.24) is 24.6 Å². The van der Waals surface area contributed by atoms with Gasteiger partial charge in [-0.3, -0.25) is 9.59 Å². The van der Waals surface area contributed by atoms with Crippen LogP contribution in [-0.2, 0) is 11.3 Å². The molecule has 0 aliphatic carbocycles. The number of piperazine rings is 1. The lowest BCUT2D eigenvalue weighted by atomic mass is 10.1. The van der Waals surface area contributed by atoms with Crippen molar-refractivity contribution in [2.24, 2.45) is 5.92 Å². The van der Waals surface area contributed by atoms with Crippen LogP contribution < -0.4 is 0 Å². The summed E-state index contributed by atoms with van der Waals surface area (Å²) in [7, 11) is 0. The normalized spacial score (nSPS) is 14.8. The molecule has 0 unspecified atom stereocenters. The zero-order valence-corrected chi connectivity index (χ0v) is 17.8. The van der Waals surface area contributed by atoms with E-state index in [1.165, 1.54) is 0 Å². The lowest BCUT2D eigenvalue weighted by Crippen LogP contribution is -2.51. The Balaban J connectivity index is 1.66. The minimum atomic E-state index is -0.0255. The molecule has 0 spiro atoms. The summed E-state index contributed by atoms with van der Waals surface area (Å²) < 4.78 is 1.82. The van der Waals surface area contributed by atoms with Crippen LogP contribution in [0.2, 0.25) is 0 Å². The molecule has 29 heavy (non-hydrogen) atoms. The average Bonchev–Trinajstić information content (AvgIpc) is 3.41. The first-order valence-electron chi connectivity index (χ1n) is 9.98. The van der Waals surface area contributed by atoms with E-state index in [1.54, 1.807) is 17.5 Å². The number of carbonyl (C=O) groups is 2. The van der Waals surface area contributed by atoms with Crippen LogP contribution in [0.3, 0.4) is 0 Å². The summed E-state index contributed by atoms with van der Waals surface area (Å²) in [5.74, 6) is 0.0976. The molecule has 0 atom stereocenters. The molecule has 152 valence electrons. The minimum Gasteiger partial charge on any atom is -0.339 e. The van der Waals surface area contributed by atoms with Crippen molar-refractivity contribution in [3.63, 3.8) is 0 Å². The van der Waals surface area contributed by atoms with E-state index in [4.69, 9.17) is 4.98 Å². The molecular weight excluding hydrogens is 386 g/mol. The van der Waals surface area contributed by atoms with E-state index in [2.05, 4.69) is 5.10 Å². The predicted molar refractivity (Wildman–Crippen MR) is 114 cm³/mol. The standard InChI is InChI=1S/C21H25N5O2S/c1-4-26-19-16(13-22-26)15(12-17(23-19)18-6-5-11-29-18)21(28)25-9-7-24(8-10-25)20(27)14(2)3/h5-6,11-14H,4,7-10H2,1-3H3. The van der Waals surface area contributed by atoms with Gasteiger partial charge in [0.1, 0.15) is 0 Å². The molecule has 1 aliphatic heterocycles. The Morgan fingerprint density at radius 3 is 2.52 bits per heavy atom. The maximum atomic E-state index is 13.4. The third-order valence-corrected chi connectivity index (χ3v) is 6.18. The van der Waals surface area contributed by atoms with Gasteiger partial charge in [0.2, 0.25) is 5.91 Å². The number of amides is 2. The minimum absolute atomic E-state index is 0.0229. The zero-order valence-electron chi connectivity index (χ0n) is 17.0. The average molecular weight is 412 g/mol. The van der Waals surface area contributed by atoms with Gasteiger partial charge in [0, 0.05) is 38.6 Å². The van der Waals surface area contributed by atoms with Crippen LogP contribution in [0.1, 0.15) is 31.1 Å². The van der Waals surface area contributed by atoms with Crippen molar-refractivity contribution >= 4 is 34.2 Å². The molecule has 4 rings (SSSR count). The summed E-state index contributed by atoms with van der Waals surface area (Å²) in [6, 6.07) is 5.87. The Bertz CT molecular complexity index is 1030. The number of thiophene rings is 1. The summed E-state index contributed by atoms with van der Waals surface area (Å²) in [5, 5.41) is 7.19. The van der Waals surface area contributed by atoms with E-state index in [9.17, 15) is 9.59 Å². The molecule has 0 N–H and O–H groups in total. The summed E-state index contributed by atoms with van der Waals surface area (Å²) >= 11 is 1.60. The van der Waals surface area contributed by atoms with Gasteiger partial charge in [-0.1, -0.05) is 19.9 Å². The predicted octanol–water partition coefficient (Wildman–Crippen LogP) is 3.12. The van der Waals surface area contributed by atoms with Gasteiger partial charge in [-0.25, -0.2) is 9.67 Å². The van der Waals surface area contributed by atoms with Gasteiger partial charge in [-0.15, -0.1) is 11.3 Å². The number of rotatable bonds is 4. The molecule has 3 aromatic heterocycles. The van der Waals surface area contributed by atoms with Crippen LogP contribution in [0.4, 0.5) is 0 Å². The molecule has 1 fully saturated rings. The Labute approximate surface area is 173 Å². The lowest BCUT2D eigenvalue weighted by Gasteiger charge is -2.35. The third kappa shape index (κ3) is 3.64. The Morgan fingerprint density at radius 2 is 1.90 bits per heavy atom. The fourth-order valence-corrected chi connectivity index (χ4v) is 4.36. The topological polar surface area (TPSA) is 71.3 Å². The first-order valence-corrected chi connectivity index (χ1v) is 10.9. The first-order chi connectivity index (χ1) is 14.0. The van der Waals surface area contributed by atoms with Crippen molar-refractivity contribution in [3.8, 4) is 10.6 Å². The van der Waals surface area contributed by atoms with Crippen LogP contribution in [0.25, 0.3) is 21.6 Å². The highest BCUT2D eigenvalue weighted by Gasteiger charge is 2.28. The summed E-state index contributed by atoms with van der Waals surface area (Å²) in [6.07, 6.45) is 1.73. The number of carbonyl (C=O) groups excluding carboxylic acids is 2. The van der Waals surface area contributed by atoms with Gasteiger partial charge in [-0.05, 0) is 24.4 Å². The van der Waals surface area contributed by atoms with Crippen molar-refractivity contribution < 1.29 is 9.59 Å². The largest absolute Gasteiger partial charge is 0.339 e. The Hall–Kier alpha value is -2.74. The van der Waals surface area contributed by atoms with Crippen molar-refractivity contribution in [2.45, 2.75) is 27.3 Å². The fraction of sp³-hybridized carbons (Fsp3) is 0.429. The number of hydrogen-bond donors (Lipinski definition) is 0. The highest BCUT2D eigenvalue weighted by molar-refractivity contribution is 7.13. The zero-order chi connectivity index (χ0) is 20.5. The molecule has 0 saturated carbocycles. The molecule has 0 bridgehead atoms. The molecule has 3 aromatic rings. The van der Waals surface area contributed by atoms with Gasteiger partial charge < -0.3 is 9.80 Å². The smallest absolute Gasteiger partial charge is 0.254 e.